The van der Waals surface area contributed by atoms with Crippen molar-refractivity contribution in [3.05, 3.63) is 23.7 Å². The lowest BCUT2D eigenvalue weighted by molar-refractivity contribution is 0.0135. The molecule has 3 rings (SSSR count). The SMILES string of the molecule is CCNC(=NCC(c1ccc(C)o1)N1CCOCC1)NCCCOC1CCOC1. The van der Waals surface area contributed by atoms with E-state index in [1.54, 1.807) is 0 Å². The van der Waals surface area contributed by atoms with Crippen LogP contribution in [0.3, 0.4) is 0 Å². The second-order valence-electron chi connectivity index (χ2n) is 7.47. The lowest BCUT2D eigenvalue weighted by atomic mass is 10.1. The number of nitrogens with zero attached hydrogens (tertiary/aromatic N) is 2. The predicted octanol–water partition coefficient (Wildman–Crippen LogP) is 1.71. The lowest BCUT2D eigenvalue weighted by Crippen LogP contribution is -2.42. The number of morpholine rings is 1. The standard InChI is InChI=1S/C21H36N4O4/c1-3-22-21(23-8-4-11-28-18-7-12-27-16-18)24-15-19(20-6-5-17(2)29-20)25-9-13-26-14-10-25/h5-6,18-19H,3-4,7-16H2,1-2H3,(H2,22,23,24). The first-order valence-corrected chi connectivity index (χ1v) is 10.9. The molecule has 2 unspecified atom stereocenters. The largest absolute Gasteiger partial charge is 0.465 e. The molecule has 2 aliphatic heterocycles. The molecule has 8 nitrogen and oxygen atoms in total. The van der Waals surface area contributed by atoms with Gasteiger partial charge in [0, 0.05) is 39.4 Å². The fourth-order valence-electron chi connectivity index (χ4n) is 3.60. The van der Waals surface area contributed by atoms with Gasteiger partial charge in [-0.2, -0.15) is 0 Å². The van der Waals surface area contributed by atoms with Gasteiger partial charge in [0.25, 0.3) is 0 Å². The van der Waals surface area contributed by atoms with Crippen molar-refractivity contribution in [1.29, 1.82) is 0 Å². The summed E-state index contributed by atoms with van der Waals surface area (Å²) >= 11 is 0. The third-order valence-corrected chi connectivity index (χ3v) is 5.20. The van der Waals surface area contributed by atoms with E-state index in [0.29, 0.717) is 6.54 Å². The first-order valence-electron chi connectivity index (χ1n) is 10.9. The van der Waals surface area contributed by atoms with Crippen molar-refractivity contribution in [3.8, 4) is 0 Å². The molecule has 2 atom stereocenters. The van der Waals surface area contributed by atoms with Crippen LogP contribution in [0.15, 0.2) is 21.5 Å². The Balaban J connectivity index is 1.50. The number of nitrogens with one attached hydrogen (secondary N) is 2. The molecule has 2 fully saturated rings. The second-order valence-corrected chi connectivity index (χ2v) is 7.47. The molecule has 3 heterocycles. The van der Waals surface area contributed by atoms with Crippen molar-refractivity contribution in [2.75, 3.05) is 65.8 Å². The number of ether oxygens (including phenoxy) is 3. The zero-order valence-corrected chi connectivity index (χ0v) is 17.8. The van der Waals surface area contributed by atoms with E-state index in [9.17, 15) is 0 Å². The molecule has 2 N–H and O–H groups in total. The Hall–Kier alpha value is -1.61. The van der Waals surface area contributed by atoms with E-state index in [0.717, 1.165) is 89.5 Å². The third-order valence-electron chi connectivity index (χ3n) is 5.20. The maximum absolute atomic E-state index is 5.93. The average molecular weight is 409 g/mol. The first kappa shape index (κ1) is 22.1. The number of hydrogen-bond acceptors (Lipinski definition) is 6. The fraction of sp³-hybridized carbons (Fsp3) is 0.762. The molecule has 8 heteroatoms. The zero-order chi connectivity index (χ0) is 20.3. The van der Waals surface area contributed by atoms with E-state index in [4.69, 9.17) is 23.6 Å². The van der Waals surface area contributed by atoms with Gasteiger partial charge >= 0.3 is 0 Å². The smallest absolute Gasteiger partial charge is 0.191 e. The van der Waals surface area contributed by atoms with E-state index < -0.39 is 0 Å². The van der Waals surface area contributed by atoms with E-state index in [1.165, 1.54) is 0 Å². The van der Waals surface area contributed by atoms with Crippen molar-refractivity contribution in [1.82, 2.24) is 15.5 Å². The van der Waals surface area contributed by atoms with E-state index >= 15 is 0 Å². The Labute approximate surface area is 174 Å². The molecule has 0 amide bonds. The normalized spacial score (nSPS) is 22.0. The quantitative estimate of drug-likeness (QED) is 0.347. The van der Waals surface area contributed by atoms with Gasteiger partial charge in [-0.05, 0) is 38.8 Å². The van der Waals surface area contributed by atoms with Crippen LogP contribution in [-0.4, -0.2) is 82.7 Å². The van der Waals surface area contributed by atoms with Crippen molar-refractivity contribution in [2.45, 2.75) is 38.8 Å². The van der Waals surface area contributed by atoms with Crippen LogP contribution in [0.25, 0.3) is 0 Å². The number of aryl methyl sites for hydroxylation is 1. The minimum absolute atomic E-state index is 0.119. The third kappa shape index (κ3) is 7.29. The highest BCUT2D eigenvalue weighted by molar-refractivity contribution is 5.79. The monoisotopic (exact) mass is 408 g/mol. The van der Waals surface area contributed by atoms with Crippen LogP contribution in [0.4, 0.5) is 0 Å². The number of furan rings is 1. The Morgan fingerprint density at radius 3 is 2.79 bits per heavy atom. The molecule has 0 spiro atoms. The molecule has 0 aliphatic carbocycles. The Morgan fingerprint density at radius 1 is 1.24 bits per heavy atom. The number of hydrogen-bond donors (Lipinski definition) is 2. The van der Waals surface area contributed by atoms with Gasteiger partial charge in [-0.15, -0.1) is 0 Å². The van der Waals surface area contributed by atoms with E-state index in [2.05, 4.69) is 28.5 Å². The molecular formula is C21H36N4O4. The Kier molecular flexibility index (Phi) is 9.27. The van der Waals surface area contributed by atoms with Crippen LogP contribution in [0, 0.1) is 6.92 Å². The lowest BCUT2D eigenvalue weighted by Gasteiger charge is -2.32. The van der Waals surface area contributed by atoms with Gasteiger partial charge in [0.05, 0.1) is 38.5 Å². The van der Waals surface area contributed by atoms with Gasteiger partial charge in [0.15, 0.2) is 5.96 Å². The van der Waals surface area contributed by atoms with E-state index in [1.807, 2.05) is 13.0 Å². The molecule has 0 bridgehead atoms. The molecule has 0 aromatic carbocycles. The highest BCUT2D eigenvalue weighted by atomic mass is 16.5. The summed E-state index contributed by atoms with van der Waals surface area (Å²) < 4.78 is 22.6. The molecule has 1 aromatic heterocycles. The maximum Gasteiger partial charge on any atom is 0.191 e. The van der Waals surface area contributed by atoms with Crippen molar-refractivity contribution in [3.63, 3.8) is 0 Å². The van der Waals surface area contributed by atoms with Crippen LogP contribution < -0.4 is 10.6 Å². The molecule has 29 heavy (non-hydrogen) atoms. The number of guanidine groups is 1. The topological polar surface area (TPSA) is 80.5 Å². The molecule has 1 aromatic rings. The molecule has 2 aliphatic rings. The van der Waals surface area contributed by atoms with Crippen LogP contribution >= 0.6 is 0 Å². The first-order chi connectivity index (χ1) is 14.3. The van der Waals surface area contributed by atoms with Crippen LogP contribution in [0.2, 0.25) is 0 Å². The van der Waals surface area contributed by atoms with Crippen molar-refractivity contribution in [2.24, 2.45) is 4.99 Å². The zero-order valence-electron chi connectivity index (χ0n) is 17.8. The van der Waals surface area contributed by atoms with Gasteiger partial charge in [0.1, 0.15) is 11.5 Å². The molecule has 2 saturated heterocycles. The van der Waals surface area contributed by atoms with Gasteiger partial charge in [-0.3, -0.25) is 9.89 Å². The summed E-state index contributed by atoms with van der Waals surface area (Å²) in [6.07, 6.45) is 2.21. The molecule has 0 radical (unpaired) electrons. The summed E-state index contributed by atoms with van der Waals surface area (Å²) in [6, 6.07) is 4.20. The van der Waals surface area contributed by atoms with Gasteiger partial charge < -0.3 is 29.3 Å². The summed E-state index contributed by atoms with van der Waals surface area (Å²) in [6.45, 7) is 11.9. The van der Waals surface area contributed by atoms with Gasteiger partial charge in [-0.1, -0.05) is 0 Å². The molecule has 0 saturated carbocycles. The Bertz CT molecular complexity index is 610. The predicted molar refractivity (Wildman–Crippen MR) is 112 cm³/mol. The fourth-order valence-corrected chi connectivity index (χ4v) is 3.60. The van der Waals surface area contributed by atoms with E-state index in [-0.39, 0.29) is 12.1 Å². The summed E-state index contributed by atoms with van der Waals surface area (Å²) in [7, 11) is 0. The van der Waals surface area contributed by atoms with Gasteiger partial charge in [0.2, 0.25) is 0 Å². The summed E-state index contributed by atoms with van der Waals surface area (Å²) in [5.41, 5.74) is 0. The average Bonchev–Trinajstić information content (AvgIpc) is 3.40. The maximum atomic E-state index is 5.93. The summed E-state index contributed by atoms with van der Waals surface area (Å²) in [4.78, 5) is 7.24. The van der Waals surface area contributed by atoms with Gasteiger partial charge in [-0.25, -0.2) is 0 Å². The van der Waals surface area contributed by atoms with Crippen LogP contribution in [-0.2, 0) is 14.2 Å². The highest BCUT2D eigenvalue weighted by Gasteiger charge is 2.25. The van der Waals surface area contributed by atoms with Crippen LogP contribution in [0.5, 0.6) is 0 Å². The summed E-state index contributed by atoms with van der Waals surface area (Å²) in [5.74, 6) is 2.73. The van der Waals surface area contributed by atoms with Crippen molar-refractivity contribution < 1.29 is 18.6 Å². The van der Waals surface area contributed by atoms with Crippen molar-refractivity contribution >= 4 is 5.96 Å². The number of rotatable bonds is 10. The second kappa shape index (κ2) is 12.2. The molecule has 164 valence electrons. The van der Waals surface area contributed by atoms with Crippen LogP contribution in [0.1, 0.15) is 37.3 Å². The highest BCUT2D eigenvalue weighted by Crippen LogP contribution is 2.24. The number of aliphatic imine (C=N–C) groups is 1. The summed E-state index contributed by atoms with van der Waals surface area (Å²) in [5, 5.41) is 6.75. The minimum atomic E-state index is 0.119. The molecular weight excluding hydrogens is 372 g/mol. The minimum Gasteiger partial charge on any atom is -0.465 e. The Morgan fingerprint density at radius 2 is 2.10 bits per heavy atom.